The summed E-state index contributed by atoms with van der Waals surface area (Å²) in [7, 11) is -4.06. The van der Waals surface area contributed by atoms with Crippen LogP contribution in [0.5, 0.6) is 0 Å². The fraction of sp³-hybridized carbons (Fsp3) is 0.267. The summed E-state index contributed by atoms with van der Waals surface area (Å²) in [5.74, 6) is -1.56. The second kappa shape index (κ2) is 5.67. The highest BCUT2D eigenvalue weighted by Gasteiger charge is 2.46. The van der Waals surface area contributed by atoms with Crippen LogP contribution in [0.4, 0.5) is 8.78 Å². The number of nitrogens with zero attached hydrogens (tertiary/aromatic N) is 1. The third-order valence-corrected chi connectivity index (χ3v) is 6.53. The van der Waals surface area contributed by atoms with E-state index >= 15 is 0 Å². The largest absolute Gasteiger partial charge is 0.243 e. The molecule has 0 bridgehead atoms. The molecule has 1 N–H and O–H groups in total. The van der Waals surface area contributed by atoms with Gasteiger partial charge in [-0.25, -0.2) is 21.9 Å². The highest BCUT2D eigenvalue weighted by atomic mass is 32.2. The number of hydrogen-bond donors (Lipinski definition) is 1. The molecule has 4 nitrogen and oxygen atoms in total. The molecule has 0 radical (unpaired) electrons. The molecule has 1 aliphatic carbocycles. The normalized spacial score (nSPS) is 16.6. The van der Waals surface area contributed by atoms with Crippen LogP contribution in [0.3, 0.4) is 0 Å². The molecule has 120 valence electrons. The van der Waals surface area contributed by atoms with Gasteiger partial charge in [-0.05, 0) is 42.8 Å². The van der Waals surface area contributed by atoms with Crippen molar-refractivity contribution in [2.75, 3.05) is 0 Å². The molecule has 3 rings (SSSR count). The van der Waals surface area contributed by atoms with Crippen molar-refractivity contribution in [1.29, 1.82) is 5.26 Å². The molecular weight excluding hydrogens is 342 g/mol. The average molecular weight is 354 g/mol. The third kappa shape index (κ3) is 2.65. The lowest BCUT2D eigenvalue weighted by Gasteiger charge is -2.42. The summed E-state index contributed by atoms with van der Waals surface area (Å²) in [5.41, 5.74) is -1.56. The number of thiophene rings is 1. The lowest BCUT2D eigenvalue weighted by Crippen LogP contribution is -2.51. The van der Waals surface area contributed by atoms with E-state index in [-0.39, 0.29) is 15.3 Å². The van der Waals surface area contributed by atoms with Crippen molar-refractivity contribution >= 4 is 21.4 Å². The third-order valence-electron chi connectivity index (χ3n) is 4.00. The maximum atomic E-state index is 14.1. The Hall–Kier alpha value is -1.82. The predicted octanol–water partition coefficient (Wildman–Crippen LogP) is 3.26. The van der Waals surface area contributed by atoms with Crippen molar-refractivity contribution in [3.05, 3.63) is 51.7 Å². The molecule has 0 unspecified atom stereocenters. The van der Waals surface area contributed by atoms with Gasteiger partial charge in [0, 0.05) is 5.56 Å². The number of nitrogens with one attached hydrogen (secondary N) is 1. The van der Waals surface area contributed by atoms with Gasteiger partial charge in [0.2, 0.25) is 10.0 Å². The Bertz CT molecular complexity index is 876. The molecule has 8 heteroatoms. The second-order valence-corrected chi connectivity index (χ2v) is 7.93. The maximum Gasteiger partial charge on any atom is 0.243 e. The van der Waals surface area contributed by atoms with E-state index in [1.54, 1.807) is 0 Å². The Morgan fingerprint density at radius 3 is 2.39 bits per heavy atom. The summed E-state index contributed by atoms with van der Waals surface area (Å²) in [6.45, 7) is 0. The highest BCUT2D eigenvalue weighted by Crippen LogP contribution is 2.44. The van der Waals surface area contributed by atoms with Gasteiger partial charge in [0.15, 0.2) is 0 Å². The summed E-state index contributed by atoms with van der Waals surface area (Å²) < 4.78 is 55.8. The van der Waals surface area contributed by atoms with Gasteiger partial charge in [-0.2, -0.15) is 5.26 Å². The summed E-state index contributed by atoms with van der Waals surface area (Å²) in [6.07, 6.45) is 1.26. The minimum Gasteiger partial charge on any atom is -0.207 e. The van der Waals surface area contributed by atoms with Gasteiger partial charge >= 0.3 is 0 Å². The van der Waals surface area contributed by atoms with E-state index < -0.39 is 27.2 Å². The van der Waals surface area contributed by atoms with Crippen LogP contribution < -0.4 is 4.72 Å². The fourth-order valence-corrected chi connectivity index (χ4v) is 5.40. The minimum atomic E-state index is -4.06. The Balaban J connectivity index is 2.05. The number of benzene rings is 1. The van der Waals surface area contributed by atoms with Crippen LogP contribution in [-0.4, -0.2) is 8.42 Å². The fourth-order valence-electron chi connectivity index (χ4n) is 2.79. The van der Waals surface area contributed by atoms with Crippen LogP contribution in [0, 0.1) is 23.0 Å². The minimum absolute atomic E-state index is 0.0426. The zero-order chi connectivity index (χ0) is 16.7. The van der Waals surface area contributed by atoms with Gasteiger partial charge in [0.05, 0.1) is 5.54 Å². The van der Waals surface area contributed by atoms with Crippen molar-refractivity contribution in [3.63, 3.8) is 0 Å². The van der Waals surface area contributed by atoms with Crippen molar-refractivity contribution in [2.24, 2.45) is 0 Å². The van der Waals surface area contributed by atoms with Crippen LogP contribution >= 0.6 is 11.3 Å². The Morgan fingerprint density at radius 1 is 1.22 bits per heavy atom. The average Bonchev–Trinajstić information content (AvgIpc) is 2.93. The predicted molar refractivity (Wildman–Crippen MR) is 81.2 cm³/mol. The molecule has 1 aromatic heterocycles. The van der Waals surface area contributed by atoms with Crippen molar-refractivity contribution in [3.8, 4) is 6.07 Å². The summed E-state index contributed by atoms with van der Waals surface area (Å²) in [4.78, 5) is -0.117. The SMILES string of the molecule is N#Cc1sccc1S(=O)(=O)NC1(c2c(F)cccc2F)CCC1. The van der Waals surface area contributed by atoms with E-state index in [4.69, 9.17) is 5.26 Å². The van der Waals surface area contributed by atoms with Crippen molar-refractivity contribution in [2.45, 2.75) is 29.7 Å². The number of nitriles is 1. The first-order chi connectivity index (χ1) is 10.9. The molecule has 23 heavy (non-hydrogen) atoms. The zero-order valence-corrected chi connectivity index (χ0v) is 13.5. The summed E-state index contributed by atoms with van der Waals surface area (Å²) in [5, 5.41) is 10.5. The van der Waals surface area contributed by atoms with E-state index in [1.807, 2.05) is 6.07 Å². The Morgan fingerprint density at radius 2 is 1.87 bits per heavy atom. The van der Waals surface area contributed by atoms with E-state index in [0.29, 0.717) is 19.3 Å². The quantitative estimate of drug-likeness (QED) is 0.916. The molecule has 0 saturated heterocycles. The van der Waals surface area contributed by atoms with E-state index in [0.717, 1.165) is 23.5 Å². The molecule has 1 heterocycles. The molecule has 1 saturated carbocycles. The highest BCUT2D eigenvalue weighted by molar-refractivity contribution is 7.89. The summed E-state index contributed by atoms with van der Waals surface area (Å²) in [6, 6.07) is 6.59. The van der Waals surface area contributed by atoms with E-state index in [1.165, 1.54) is 17.5 Å². The van der Waals surface area contributed by atoms with Gasteiger partial charge in [-0.3, -0.25) is 0 Å². The molecule has 0 atom stereocenters. The smallest absolute Gasteiger partial charge is 0.207 e. The number of halogens is 2. The lowest BCUT2D eigenvalue weighted by molar-refractivity contribution is 0.209. The van der Waals surface area contributed by atoms with Gasteiger partial charge in [0.25, 0.3) is 0 Å². The molecule has 2 aromatic rings. The van der Waals surface area contributed by atoms with Gasteiger partial charge in [-0.1, -0.05) is 6.07 Å². The molecule has 1 aromatic carbocycles. The monoisotopic (exact) mass is 354 g/mol. The topological polar surface area (TPSA) is 70.0 Å². The van der Waals surface area contributed by atoms with Crippen LogP contribution in [0.2, 0.25) is 0 Å². The molecule has 1 fully saturated rings. The van der Waals surface area contributed by atoms with Gasteiger partial charge in [0.1, 0.15) is 27.5 Å². The van der Waals surface area contributed by atoms with Crippen molar-refractivity contribution in [1.82, 2.24) is 4.72 Å². The van der Waals surface area contributed by atoms with Crippen LogP contribution in [0.15, 0.2) is 34.5 Å². The molecular formula is C15H12F2N2O2S2. The standard InChI is InChI=1S/C15H12F2N2O2S2/c16-10-3-1-4-11(17)14(10)15(6-2-7-15)19-23(20,21)13-5-8-22-12(13)9-18/h1,3-5,8,19H,2,6-7H2. The lowest BCUT2D eigenvalue weighted by atomic mass is 9.72. The van der Waals surface area contributed by atoms with Crippen LogP contribution in [0.25, 0.3) is 0 Å². The Labute approximate surface area is 136 Å². The molecule has 0 spiro atoms. The van der Waals surface area contributed by atoms with E-state index in [9.17, 15) is 17.2 Å². The maximum absolute atomic E-state index is 14.1. The Kier molecular flexibility index (Phi) is 3.96. The number of sulfonamides is 1. The number of hydrogen-bond acceptors (Lipinski definition) is 4. The van der Waals surface area contributed by atoms with Crippen LogP contribution in [-0.2, 0) is 15.6 Å². The zero-order valence-electron chi connectivity index (χ0n) is 11.8. The van der Waals surface area contributed by atoms with E-state index in [2.05, 4.69) is 4.72 Å². The van der Waals surface area contributed by atoms with Gasteiger partial charge < -0.3 is 0 Å². The molecule has 0 amide bonds. The second-order valence-electron chi connectivity index (χ2n) is 5.36. The van der Waals surface area contributed by atoms with Crippen LogP contribution in [0.1, 0.15) is 29.7 Å². The number of rotatable bonds is 4. The molecule has 1 aliphatic rings. The van der Waals surface area contributed by atoms with Crippen molar-refractivity contribution < 1.29 is 17.2 Å². The van der Waals surface area contributed by atoms with Gasteiger partial charge in [-0.15, -0.1) is 11.3 Å². The first-order valence-electron chi connectivity index (χ1n) is 6.86. The first-order valence-corrected chi connectivity index (χ1v) is 9.22. The molecule has 0 aliphatic heterocycles. The first kappa shape index (κ1) is 16.1. The summed E-state index contributed by atoms with van der Waals surface area (Å²) >= 11 is 1.00.